The van der Waals surface area contributed by atoms with Crippen molar-refractivity contribution in [3.05, 3.63) is 29.6 Å². The van der Waals surface area contributed by atoms with E-state index in [-0.39, 0.29) is 11.9 Å². The number of hydrogen-bond donors (Lipinski definition) is 1. The van der Waals surface area contributed by atoms with E-state index >= 15 is 0 Å². The molecule has 3 unspecified atom stereocenters. The summed E-state index contributed by atoms with van der Waals surface area (Å²) < 4.78 is 14.6. The molecule has 3 atom stereocenters. The first-order valence-electron chi connectivity index (χ1n) is 8.08. The summed E-state index contributed by atoms with van der Waals surface area (Å²) in [5.74, 6) is -0.0899. The number of para-hydroxylation sites is 1. The highest BCUT2D eigenvalue weighted by molar-refractivity contribution is 5.57. The van der Waals surface area contributed by atoms with Gasteiger partial charge >= 0.3 is 0 Å². The van der Waals surface area contributed by atoms with E-state index in [2.05, 4.69) is 29.0 Å². The average Bonchev–Trinajstić information content (AvgIpc) is 2.92. The van der Waals surface area contributed by atoms with Gasteiger partial charge < -0.3 is 10.2 Å². The lowest BCUT2D eigenvalue weighted by molar-refractivity contribution is 0.202. The highest BCUT2D eigenvalue weighted by Crippen LogP contribution is 2.34. The van der Waals surface area contributed by atoms with Crippen LogP contribution < -0.4 is 10.2 Å². The number of piperazine rings is 1. The van der Waals surface area contributed by atoms with Gasteiger partial charge in [0.1, 0.15) is 5.82 Å². The number of anilines is 1. The number of halogens is 1. The Kier molecular flexibility index (Phi) is 4.18. The van der Waals surface area contributed by atoms with E-state index < -0.39 is 0 Å². The van der Waals surface area contributed by atoms with Crippen molar-refractivity contribution >= 4 is 5.69 Å². The molecule has 2 heterocycles. The molecule has 3 rings (SSSR count). The zero-order valence-corrected chi connectivity index (χ0v) is 13.3. The van der Waals surface area contributed by atoms with Crippen molar-refractivity contribution in [2.75, 3.05) is 31.6 Å². The molecule has 2 aliphatic rings. The maximum absolute atomic E-state index is 14.6. The van der Waals surface area contributed by atoms with Gasteiger partial charge in [0.15, 0.2) is 0 Å². The van der Waals surface area contributed by atoms with E-state index in [9.17, 15) is 4.39 Å². The Bertz CT molecular complexity index is 505. The summed E-state index contributed by atoms with van der Waals surface area (Å²) in [7, 11) is 1.93. The van der Waals surface area contributed by atoms with Gasteiger partial charge in [-0.2, -0.15) is 0 Å². The maximum atomic E-state index is 14.6. The van der Waals surface area contributed by atoms with Crippen LogP contribution in [0.1, 0.15) is 38.3 Å². The Labute approximate surface area is 127 Å². The minimum absolute atomic E-state index is 0.0899. The molecule has 4 heteroatoms. The van der Waals surface area contributed by atoms with Crippen LogP contribution in [0.4, 0.5) is 10.1 Å². The number of hydrogen-bond acceptors (Lipinski definition) is 3. The molecule has 116 valence electrons. The quantitative estimate of drug-likeness (QED) is 0.924. The Balaban J connectivity index is 1.95. The number of fused-ring (bicyclic) bond motifs is 1. The van der Waals surface area contributed by atoms with Crippen molar-refractivity contribution in [1.82, 2.24) is 10.2 Å². The van der Waals surface area contributed by atoms with Crippen LogP contribution in [0.25, 0.3) is 0 Å². The molecular weight excluding hydrogens is 265 g/mol. The van der Waals surface area contributed by atoms with E-state index in [4.69, 9.17) is 0 Å². The van der Waals surface area contributed by atoms with Gasteiger partial charge in [-0.05, 0) is 51.9 Å². The Morgan fingerprint density at radius 1 is 1.33 bits per heavy atom. The first-order chi connectivity index (χ1) is 10.1. The van der Waals surface area contributed by atoms with Crippen molar-refractivity contribution < 1.29 is 4.39 Å². The summed E-state index contributed by atoms with van der Waals surface area (Å²) in [4.78, 5) is 4.87. The summed E-state index contributed by atoms with van der Waals surface area (Å²) in [6.45, 7) is 7.52. The number of nitrogens with one attached hydrogen (secondary N) is 1. The van der Waals surface area contributed by atoms with Crippen LogP contribution in [0.15, 0.2) is 18.2 Å². The second-order valence-electron chi connectivity index (χ2n) is 6.48. The van der Waals surface area contributed by atoms with Crippen LogP contribution in [0.5, 0.6) is 0 Å². The largest absolute Gasteiger partial charge is 0.363 e. The van der Waals surface area contributed by atoms with E-state index in [1.54, 1.807) is 6.07 Å². The van der Waals surface area contributed by atoms with Crippen LogP contribution in [0.3, 0.4) is 0 Å². The van der Waals surface area contributed by atoms with Crippen molar-refractivity contribution in [3.8, 4) is 0 Å². The summed E-state index contributed by atoms with van der Waals surface area (Å²) >= 11 is 0. The lowest BCUT2D eigenvalue weighted by atomic mass is 10.0. The van der Waals surface area contributed by atoms with Crippen LogP contribution in [0, 0.1) is 5.82 Å². The molecular formula is C17H26FN3. The molecule has 0 saturated carbocycles. The standard InChI is InChI=1S/C17H26FN3/c1-12-10-20-9-5-6-14(20)11-21(12)17-15(13(2)19-3)7-4-8-16(17)18/h4,7-8,12-14,19H,5-6,9-11H2,1-3H3. The minimum atomic E-state index is -0.0899. The molecule has 2 fully saturated rings. The summed E-state index contributed by atoms with van der Waals surface area (Å²) in [5, 5.41) is 3.25. The molecule has 21 heavy (non-hydrogen) atoms. The number of benzene rings is 1. The van der Waals surface area contributed by atoms with Crippen LogP contribution in [-0.2, 0) is 0 Å². The number of nitrogens with zero attached hydrogens (tertiary/aromatic N) is 2. The van der Waals surface area contributed by atoms with Gasteiger partial charge in [-0.25, -0.2) is 4.39 Å². The smallest absolute Gasteiger partial charge is 0.146 e. The zero-order valence-electron chi connectivity index (χ0n) is 13.3. The van der Waals surface area contributed by atoms with Gasteiger partial charge in [0, 0.05) is 31.2 Å². The zero-order chi connectivity index (χ0) is 15.0. The van der Waals surface area contributed by atoms with Crippen molar-refractivity contribution in [3.63, 3.8) is 0 Å². The Morgan fingerprint density at radius 3 is 2.90 bits per heavy atom. The predicted octanol–water partition coefficient (Wildman–Crippen LogP) is 2.78. The number of rotatable bonds is 3. The molecule has 0 aliphatic carbocycles. The monoisotopic (exact) mass is 291 g/mol. The van der Waals surface area contributed by atoms with Gasteiger partial charge in [0.2, 0.25) is 0 Å². The van der Waals surface area contributed by atoms with E-state index in [1.807, 2.05) is 19.2 Å². The van der Waals surface area contributed by atoms with Gasteiger partial charge in [-0.1, -0.05) is 12.1 Å². The summed E-state index contributed by atoms with van der Waals surface area (Å²) in [6, 6.07) is 6.57. The Morgan fingerprint density at radius 2 is 2.14 bits per heavy atom. The Hall–Kier alpha value is -1.13. The van der Waals surface area contributed by atoms with Crippen LogP contribution in [-0.4, -0.2) is 43.7 Å². The molecule has 0 amide bonds. The molecule has 1 aromatic carbocycles. The fraction of sp³-hybridized carbons (Fsp3) is 0.647. The van der Waals surface area contributed by atoms with E-state index in [1.165, 1.54) is 19.4 Å². The highest BCUT2D eigenvalue weighted by atomic mass is 19.1. The predicted molar refractivity (Wildman–Crippen MR) is 85.3 cm³/mol. The summed E-state index contributed by atoms with van der Waals surface area (Å²) in [6.07, 6.45) is 2.52. The molecule has 0 bridgehead atoms. The average molecular weight is 291 g/mol. The first-order valence-corrected chi connectivity index (χ1v) is 8.08. The van der Waals surface area contributed by atoms with Gasteiger partial charge in [-0.15, -0.1) is 0 Å². The first kappa shape index (κ1) is 14.8. The van der Waals surface area contributed by atoms with Crippen molar-refractivity contribution in [2.45, 2.75) is 44.8 Å². The third kappa shape index (κ3) is 2.67. The minimum Gasteiger partial charge on any atom is -0.363 e. The second-order valence-corrected chi connectivity index (χ2v) is 6.48. The fourth-order valence-electron chi connectivity index (χ4n) is 3.84. The molecule has 0 aromatic heterocycles. The van der Waals surface area contributed by atoms with Crippen LogP contribution in [0.2, 0.25) is 0 Å². The lowest BCUT2D eigenvalue weighted by Gasteiger charge is -2.44. The van der Waals surface area contributed by atoms with Crippen molar-refractivity contribution in [2.24, 2.45) is 0 Å². The molecule has 0 radical (unpaired) electrons. The third-order valence-electron chi connectivity index (χ3n) is 5.14. The molecule has 0 spiro atoms. The second kappa shape index (κ2) is 5.93. The van der Waals surface area contributed by atoms with Crippen LogP contribution >= 0.6 is 0 Å². The third-order valence-corrected chi connectivity index (χ3v) is 5.14. The molecule has 2 saturated heterocycles. The highest BCUT2D eigenvalue weighted by Gasteiger charge is 2.36. The maximum Gasteiger partial charge on any atom is 0.146 e. The topological polar surface area (TPSA) is 18.5 Å². The summed E-state index contributed by atoms with van der Waals surface area (Å²) in [5.41, 5.74) is 1.87. The SMILES string of the molecule is CNC(C)c1cccc(F)c1N1CC2CCCN2CC1C. The molecule has 1 N–H and O–H groups in total. The molecule has 3 nitrogen and oxygen atoms in total. The van der Waals surface area contributed by atoms with Gasteiger partial charge in [0.25, 0.3) is 0 Å². The normalized spacial score (nSPS) is 27.7. The lowest BCUT2D eigenvalue weighted by Crippen LogP contribution is -2.55. The van der Waals surface area contributed by atoms with E-state index in [0.717, 1.165) is 24.3 Å². The van der Waals surface area contributed by atoms with Gasteiger partial charge in [0.05, 0.1) is 5.69 Å². The van der Waals surface area contributed by atoms with Gasteiger partial charge in [-0.3, -0.25) is 4.90 Å². The van der Waals surface area contributed by atoms with Crippen molar-refractivity contribution in [1.29, 1.82) is 0 Å². The fourth-order valence-corrected chi connectivity index (χ4v) is 3.84. The molecule has 1 aromatic rings. The molecule has 2 aliphatic heterocycles. The van der Waals surface area contributed by atoms with E-state index in [0.29, 0.717) is 12.1 Å².